The second-order valence-electron chi connectivity index (χ2n) is 9.55. The molecule has 0 spiro atoms. The molecule has 1 saturated heterocycles. The van der Waals surface area contributed by atoms with Gasteiger partial charge in [0.1, 0.15) is 11.6 Å². The molecule has 0 N–H and O–H groups in total. The highest BCUT2D eigenvalue weighted by Gasteiger charge is 2.41. The average molecular weight is 434 g/mol. The molecule has 4 nitrogen and oxygen atoms in total. The van der Waals surface area contributed by atoms with Gasteiger partial charge in [0.15, 0.2) is 0 Å². The number of fused-ring (bicyclic) bond motifs is 1. The van der Waals surface area contributed by atoms with Gasteiger partial charge in [-0.05, 0) is 49.5 Å². The number of ether oxygens (including phenoxy) is 1. The van der Waals surface area contributed by atoms with Crippen molar-refractivity contribution in [2.45, 2.75) is 58.9 Å². The maximum absolute atomic E-state index is 5.30. The van der Waals surface area contributed by atoms with Crippen molar-refractivity contribution in [2.24, 2.45) is 10.4 Å². The molecule has 0 aliphatic carbocycles. The van der Waals surface area contributed by atoms with Crippen LogP contribution in [-0.4, -0.2) is 53.2 Å². The first-order chi connectivity index (χ1) is 13.6. The smallest absolute Gasteiger partial charge is 0.120 e. The van der Waals surface area contributed by atoms with E-state index in [-0.39, 0.29) is 16.2 Å². The molecule has 0 amide bonds. The molecule has 0 saturated carbocycles. The number of benzene rings is 1. The highest BCUT2D eigenvalue weighted by atomic mass is 33.1. The zero-order chi connectivity index (χ0) is 21.4. The molecule has 3 rings (SSSR count). The molecule has 2 aliphatic rings. The number of aliphatic imine (C=N–C) groups is 1. The largest absolute Gasteiger partial charge is 0.497 e. The quantitative estimate of drug-likeness (QED) is 0.506. The van der Waals surface area contributed by atoms with Gasteiger partial charge in [-0.1, -0.05) is 43.7 Å². The van der Waals surface area contributed by atoms with Crippen molar-refractivity contribution in [3.63, 3.8) is 0 Å². The number of piperazine rings is 1. The van der Waals surface area contributed by atoms with Gasteiger partial charge in [-0.3, -0.25) is 9.89 Å². The normalized spacial score (nSPS) is 21.2. The maximum atomic E-state index is 5.30. The molecule has 1 aromatic carbocycles. The van der Waals surface area contributed by atoms with Gasteiger partial charge in [-0.25, -0.2) is 0 Å². The monoisotopic (exact) mass is 433 g/mol. The van der Waals surface area contributed by atoms with Crippen molar-refractivity contribution in [2.75, 3.05) is 26.7 Å². The number of thiol groups is 1. The van der Waals surface area contributed by atoms with Gasteiger partial charge in [0.2, 0.25) is 0 Å². The summed E-state index contributed by atoms with van der Waals surface area (Å²) in [6.07, 6.45) is 0. The van der Waals surface area contributed by atoms with Crippen molar-refractivity contribution in [3.8, 4) is 5.75 Å². The minimum absolute atomic E-state index is 0.0867. The summed E-state index contributed by atoms with van der Waals surface area (Å²) in [4.78, 5) is 10.2. The first-order valence-corrected chi connectivity index (χ1v) is 12.2. The molecule has 6 heteroatoms. The Morgan fingerprint density at radius 2 is 1.79 bits per heavy atom. The molecule has 1 aromatic rings. The van der Waals surface area contributed by atoms with Crippen molar-refractivity contribution in [1.29, 1.82) is 0 Å². The van der Waals surface area contributed by atoms with E-state index in [1.807, 2.05) is 12.1 Å². The van der Waals surface area contributed by atoms with Gasteiger partial charge in [-0.2, -0.15) is 0 Å². The predicted molar refractivity (Wildman–Crippen MR) is 129 cm³/mol. The molecule has 1 atom stereocenters. The summed E-state index contributed by atoms with van der Waals surface area (Å²) < 4.78 is 5.18. The lowest BCUT2D eigenvalue weighted by Gasteiger charge is -2.48. The summed E-state index contributed by atoms with van der Waals surface area (Å²) in [6, 6.07) is 8.62. The molecular formula is C23H35N3OS2. The molecule has 0 unspecified atom stereocenters. The van der Waals surface area contributed by atoms with E-state index in [1.54, 1.807) is 17.9 Å². The van der Waals surface area contributed by atoms with E-state index >= 15 is 0 Å². The van der Waals surface area contributed by atoms with Crippen molar-refractivity contribution in [1.82, 2.24) is 9.80 Å². The number of amidine groups is 1. The van der Waals surface area contributed by atoms with Crippen molar-refractivity contribution in [3.05, 3.63) is 41.1 Å². The van der Waals surface area contributed by atoms with Crippen LogP contribution in [0.2, 0.25) is 0 Å². The number of hydrogen-bond donors (Lipinski definition) is 1. The molecule has 0 bridgehead atoms. The molecule has 0 aromatic heterocycles. The van der Waals surface area contributed by atoms with E-state index in [4.69, 9.17) is 9.73 Å². The SMILES string of the molecule is COc1ccc(CN2CCN3C(C(C)(C)SS)=N[C@@H](C)C(C(C)(C)C)=C3C2)cc1. The van der Waals surface area contributed by atoms with Crippen molar-refractivity contribution < 1.29 is 4.74 Å². The maximum Gasteiger partial charge on any atom is 0.120 e. The van der Waals surface area contributed by atoms with Gasteiger partial charge in [0.25, 0.3) is 0 Å². The summed E-state index contributed by atoms with van der Waals surface area (Å²) >= 11 is 4.55. The standard InChI is InChI=1S/C23H35N3OS2/c1-16-20(22(2,3)4)19-15-25(14-17-8-10-18(27-7)11-9-17)12-13-26(19)21(24-16)23(5,6)29-28/h8-11,16,28H,12-15H2,1-7H3/t16-/m0/s1. The molecule has 2 aliphatic heterocycles. The van der Waals surface area contributed by atoms with E-state index in [2.05, 4.69) is 75.1 Å². The molecule has 160 valence electrons. The number of methoxy groups -OCH3 is 1. The highest BCUT2D eigenvalue weighted by Crippen LogP contribution is 2.42. The molecule has 0 radical (unpaired) electrons. The Hall–Kier alpha value is -1.11. The topological polar surface area (TPSA) is 28.1 Å². The number of hydrogen-bond acceptors (Lipinski definition) is 6. The fraction of sp³-hybridized carbons (Fsp3) is 0.609. The van der Waals surface area contributed by atoms with E-state index in [0.717, 1.165) is 37.8 Å². The van der Waals surface area contributed by atoms with Crippen LogP contribution in [0.15, 0.2) is 40.5 Å². The third-order valence-corrected chi connectivity index (χ3v) is 7.79. The predicted octanol–water partition coefficient (Wildman–Crippen LogP) is 5.27. The van der Waals surface area contributed by atoms with Crippen LogP contribution in [-0.2, 0) is 6.54 Å². The van der Waals surface area contributed by atoms with Crippen LogP contribution in [0, 0.1) is 5.41 Å². The Kier molecular flexibility index (Phi) is 6.66. The van der Waals surface area contributed by atoms with Gasteiger partial charge in [-0.15, -0.1) is 11.7 Å². The Morgan fingerprint density at radius 1 is 1.14 bits per heavy atom. The van der Waals surface area contributed by atoms with Crippen LogP contribution in [0.25, 0.3) is 0 Å². The Bertz CT molecular complexity index is 793. The third kappa shape index (κ3) is 4.80. The molecule has 2 heterocycles. The lowest BCUT2D eigenvalue weighted by molar-refractivity contribution is 0.199. The van der Waals surface area contributed by atoms with Gasteiger partial charge < -0.3 is 9.64 Å². The van der Waals surface area contributed by atoms with Crippen LogP contribution in [0.4, 0.5) is 0 Å². The molecule has 29 heavy (non-hydrogen) atoms. The third-order valence-electron chi connectivity index (χ3n) is 5.78. The minimum atomic E-state index is -0.121. The van der Waals surface area contributed by atoms with Crippen LogP contribution in [0.5, 0.6) is 5.75 Å². The summed E-state index contributed by atoms with van der Waals surface area (Å²) in [5.41, 5.74) is 4.30. The lowest BCUT2D eigenvalue weighted by Crippen LogP contribution is -2.55. The fourth-order valence-electron chi connectivity index (χ4n) is 4.48. The van der Waals surface area contributed by atoms with E-state index in [1.165, 1.54) is 16.8 Å². The summed E-state index contributed by atoms with van der Waals surface area (Å²) in [7, 11) is 3.29. The Morgan fingerprint density at radius 3 is 2.34 bits per heavy atom. The van der Waals surface area contributed by atoms with Crippen LogP contribution in [0.3, 0.4) is 0 Å². The Labute approximate surface area is 185 Å². The minimum Gasteiger partial charge on any atom is -0.497 e. The number of nitrogens with zero attached hydrogens (tertiary/aromatic N) is 3. The second kappa shape index (κ2) is 8.56. The summed E-state index contributed by atoms with van der Waals surface area (Å²) in [5, 5.41) is 0. The van der Waals surface area contributed by atoms with Gasteiger partial charge in [0, 0.05) is 31.9 Å². The van der Waals surface area contributed by atoms with E-state index in [0.29, 0.717) is 0 Å². The van der Waals surface area contributed by atoms with Gasteiger partial charge in [0.05, 0.1) is 17.9 Å². The molecular weight excluding hydrogens is 398 g/mol. The Balaban J connectivity index is 1.90. The second-order valence-corrected chi connectivity index (χ2v) is 11.3. The lowest BCUT2D eigenvalue weighted by atomic mass is 9.79. The number of rotatable bonds is 5. The molecule has 1 fully saturated rings. The average Bonchev–Trinajstić information content (AvgIpc) is 2.66. The van der Waals surface area contributed by atoms with E-state index in [9.17, 15) is 0 Å². The zero-order valence-corrected chi connectivity index (χ0v) is 20.5. The van der Waals surface area contributed by atoms with Crippen LogP contribution in [0.1, 0.15) is 47.1 Å². The van der Waals surface area contributed by atoms with Crippen molar-refractivity contribution >= 4 is 28.3 Å². The first-order valence-electron chi connectivity index (χ1n) is 10.3. The zero-order valence-electron chi connectivity index (χ0n) is 18.8. The van der Waals surface area contributed by atoms with E-state index < -0.39 is 0 Å². The highest BCUT2D eigenvalue weighted by molar-refractivity contribution is 8.69. The first kappa shape index (κ1) is 22.6. The summed E-state index contributed by atoms with van der Waals surface area (Å²) in [6.45, 7) is 17.5. The van der Waals surface area contributed by atoms with Gasteiger partial charge >= 0.3 is 0 Å². The van der Waals surface area contributed by atoms with Crippen LogP contribution >= 0.6 is 22.5 Å². The van der Waals surface area contributed by atoms with Crippen LogP contribution < -0.4 is 4.74 Å². The summed E-state index contributed by atoms with van der Waals surface area (Å²) in [5.74, 6) is 2.07. The fourth-order valence-corrected chi connectivity index (χ4v) is 4.97.